The molecule has 0 saturated heterocycles. The first-order chi connectivity index (χ1) is 11.1. The Balaban J connectivity index is 2.16. The fourth-order valence-electron chi connectivity index (χ4n) is 2.51. The number of aldehydes is 1. The Kier molecular flexibility index (Phi) is 3.73. The van der Waals surface area contributed by atoms with Crippen LogP contribution in [0.5, 0.6) is 0 Å². The van der Waals surface area contributed by atoms with Crippen LogP contribution in [0.1, 0.15) is 31.8 Å². The van der Waals surface area contributed by atoms with Crippen LogP contribution >= 0.6 is 0 Å². The fraction of sp³-hybridized carbons (Fsp3) is 0. The van der Waals surface area contributed by atoms with Crippen molar-refractivity contribution in [1.82, 2.24) is 0 Å². The van der Waals surface area contributed by atoms with Crippen LogP contribution in [-0.2, 0) is 0 Å². The molecular weight excluding hydrogens is 290 g/mol. The maximum Gasteiger partial charge on any atom is 0.336 e. The summed E-state index contributed by atoms with van der Waals surface area (Å²) < 4.78 is 0. The molecule has 0 radical (unpaired) electrons. The second-order valence-corrected chi connectivity index (χ2v) is 5.16. The van der Waals surface area contributed by atoms with Gasteiger partial charge >= 0.3 is 5.97 Å². The van der Waals surface area contributed by atoms with E-state index in [-0.39, 0.29) is 11.3 Å². The van der Waals surface area contributed by atoms with Gasteiger partial charge in [-0.1, -0.05) is 48.5 Å². The van der Waals surface area contributed by atoms with Gasteiger partial charge in [0.1, 0.15) is 6.29 Å². The molecule has 0 aromatic heterocycles. The molecule has 0 atom stereocenters. The molecule has 0 aliphatic heterocycles. The standard InChI is InChI=1S/C19H13NO3/c20-18(13-7-5-12(11-21)6-8-13)16-9-14-3-1-2-4-15(14)10-17(16)19(22)23/h1-11,20H,(H,22,23). The molecule has 4 heteroatoms. The largest absolute Gasteiger partial charge is 0.478 e. The third-order valence-corrected chi connectivity index (χ3v) is 3.72. The van der Waals surface area contributed by atoms with Crippen molar-refractivity contribution >= 4 is 28.7 Å². The van der Waals surface area contributed by atoms with Crippen molar-refractivity contribution in [3.63, 3.8) is 0 Å². The normalized spacial score (nSPS) is 10.4. The summed E-state index contributed by atoms with van der Waals surface area (Å²) in [5, 5.41) is 19.5. The zero-order chi connectivity index (χ0) is 16.4. The van der Waals surface area contributed by atoms with Crippen molar-refractivity contribution in [1.29, 1.82) is 5.41 Å². The van der Waals surface area contributed by atoms with E-state index in [4.69, 9.17) is 5.41 Å². The van der Waals surface area contributed by atoms with E-state index in [1.807, 2.05) is 24.3 Å². The summed E-state index contributed by atoms with van der Waals surface area (Å²) in [5.74, 6) is -1.07. The van der Waals surface area contributed by atoms with Crippen LogP contribution in [0, 0.1) is 5.41 Å². The van der Waals surface area contributed by atoms with Gasteiger partial charge < -0.3 is 5.11 Å². The van der Waals surface area contributed by atoms with Gasteiger partial charge in [-0.3, -0.25) is 10.2 Å². The zero-order valence-electron chi connectivity index (χ0n) is 12.1. The predicted octanol–water partition coefficient (Wildman–Crippen LogP) is 3.77. The van der Waals surface area contributed by atoms with Gasteiger partial charge in [-0.25, -0.2) is 4.79 Å². The number of nitrogens with one attached hydrogen (secondary N) is 1. The van der Waals surface area contributed by atoms with Crippen molar-refractivity contribution in [3.05, 3.63) is 82.9 Å². The molecule has 0 fully saturated rings. The van der Waals surface area contributed by atoms with E-state index in [0.717, 1.165) is 17.1 Å². The van der Waals surface area contributed by atoms with Crippen LogP contribution in [0.15, 0.2) is 60.7 Å². The van der Waals surface area contributed by atoms with Gasteiger partial charge in [0.15, 0.2) is 0 Å². The van der Waals surface area contributed by atoms with Crippen LogP contribution < -0.4 is 0 Å². The van der Waals surface area contributed by atoms with Crippen LogP contribution in [0.3, 0.4) is 0 Å². The van der Waals surface area contributed by atoms with E-state index < -0.39 is 5.97 Å². The van der Waals surface area contributed by atoms with E-state index in [1.54, 1.807) is 36.4 Å². The molecule has 2 N–H and O–H groups in total. The lowest BCUT2D eigenvalue weighted by atomic mass is 9.94. The number of carboxylic acid groups (broad SMARTS) is 1. The minimum Gasteiger partial charge on any atom is -0.478 e. The summed E-state index contributed by atoms with van der Waals surface area (Å²) in [5.41, 5.74) is 1.64. The third kappa shape index (κ3) is 2.74. The number of carboxylic acids is 1. The molecule has 0 aliphatic rings. The molecule has 0 amide bonds. The van der Waals surface area contributed by atoms with Crippen molar-refractivity contribution in [3.8, 4) is 0 Å². The summed E-state index contributed by atoms with van der Waals surface area (Å²) >= 11 is 0. The van der Waals surface area contributed by atoms with E-state index in [9.17, 15) is 14.7 Å². The summed E-state index contributed by atoms with van der Waals surface area (Å²) in [6, 6.07) is 17.3. The molecule has 112 valence electrons. The number of benzene rings is 3. The number of hydrogen-bond acceptors (Lipinski definition) is 3. The maximum absolute atomic E-state index is 11.6. The van der Waals surface area contributed by atoms with E-state index in [1.165, 1.54) is 0 Å². The highest BCUT2D eigenvalue weighted by atomic mass is 16.4. The number of fused-ring (bicyclic) bond motifs is 1. The molecule has 0 aliphatic carbocycles. The van der Waals surface area contributed by atoms with Gasteiger partial charge in [0.2, 0.25) is 0 Å². The van der Waals surface area contributed by atoms with Gasteiger partial charge in [-0.05, 0) is 22.9 Å². The minimum atomic E-state index is -1.07. The quantitative estimate of drug-likeness (QED) is 0.569. The molecule has 0 heterocycles. The monoisotopic (exact) mass is 303 g/mol. The van der Waals surface area contributed by atoms with Crippen LogP contribution in [-0.4, -0.2) is 23.1 Å². The number of rotatable bonds is 4. The highest BCUT2D eigenvalue weighted by Gasteiger charge is 2.16. The second kappa shape index (κ2) is 5.85. The molecule has 0 saturated carbocycles. The molecule has 4 nitrogen and oxygen atoms in total. The predicted molar refractivity (Wildman–Crippen MR) is 88.7 cm³/mol. The first-order valence-corrected chi connectivity index (χ1v) is 7.01. The van der Waals surface area contributed by atoms with Crippen LogP contribution in [0.4, 0.5) is 0 Å². The lowest BCUT2D eigenvalue weighted by Crippen LogP contribution is -2.10. The van der Waals surface area contributed by atoms with Crippen molar-refractivity contribution in [2.75, 3.05) is 0 Å². The highest BCUT2D eigenvalue weighted by Crippen LogP contribution is 2.23. The molecule has 3 rings (SSSR count). The molecule has 23 heavy (non-hydrogen) atoms. The van der Waals surface area contributed by atoms with Crippen molar-refractivity contribution in [2.24, 2.45) is 0 Å². The lowest BCUT2D eigenvalue weighted by molar-refractivity contribution is 0.0696. The fourth-order valence-corrected chi connectivity index (χ4v) is 2.51. The molecule has 0 bridgehead atoms. The Morgan fingerprint density at radius 2 is 1.48 bits per heavy atom. The van der Waals surface area contributed by atoms with Crippen molar-refractivity contribution in [2.45, 2.75) is 0 Å². The Labute approximate surface area is 132 Å². The summed E-state index contributed by atoms with van der Waals surface area (Å²) in [6.07, 6.45) is 0.728. The van der Waals surface area contributed by atoms with Crippen molar-refractivity contribution < 1.29 is 14.7 Å². The Morgan fingerprint density at radius 1 is 0.913 bits per heavy atom. The lowest BCUT2D eigenvalue weighted by Gasteiger charge is -2.10. The second-order valence-electron chi connectivity index (χ2n) is 5.16. The Morgan fingerprint density at radius 3 is 2.00 bits per heavy atom. The highest BCUT2D eigenvalue weighted by molar-refractivity contribution is 6.17. The first-order valence-electron chi connectivity index (χ1n) is 7.01. The van der Waals surface area contributed by atoms with Gasteiger partial charge in [-0.15, -0.1) is 0 Å². The summed E-state index contributed by atoms with van der Waals surface area (Å²) in [6.45, 7) is 0. The van der Waals surface area contributed by atoms with E-state index >= 15 is 0 Å². The summed E-state index contributed by atoms with van der Waals surface area (Å²) in [4.78, 5) is 22.3. The molecule has 3 aromatic rings. The molecular formula is C19H13NO3. The maximum atomic E-state index is 11.6. The van der Waals surface area contributed by atoms with Gasteiger partial charge in [0.25, 0.3) is 0 Å². The number of hydrogen-bond donors (Lipinski definition) is 2. The van der Waals surface area contributed by atoms with Gasteiger partial charge in [0.05, 0.1) is 11.3 Å². The zero-order valence-corrected chi connectivity index (χ0v) is 12.1. The van der Waals surface area contributed by atoms with Gasteiger partial charge in [0, 0.05) is 16.7 Å². The molecule has 3 aromatic carbocycles. The SMILES string of the molecule is N=C(c1ccc(C=O)cc1)c1cc2ccccc2cc1C(=O)O. The number of carbonyl (C=O) groups is 2. The number of carbonyl (C=O) groups excluding carboxylic acids is 1. The van der Waals surface area contributed by atoms with Crippen LogP contribution in [0.2, 0.25) is 0 Å². The van der Waals surface area contributed by atoms with Crippen LogP contribution in [0.25, 0.3) is 10.8 Å². The average molecular weight is 303 g/mol. The van der Waals surface area contributed by atoms with E-state index in [0.29, 0.717) is 16.7 Å². The smallest absolute Gasteiger partial charge is 0.336 e. The Bertz CT molecular complexity index is 927. The molecule has 0 unspecified atom stereocenters. The summed E-state index contributed by atoms with van der Waals surface area (Å²) in [7, 11) is 0. The number of aromatic carboxylic acids is 1. The molecule has 0 spiro atoms. The third-order valence-electron chi connectivity index (χ3n) is 3.72. The minimum absolute atomic E-state index is 0.0909. The van der Waals surface area contributed by atoms with Gasteiger partial charge in [-0.2, -0.15) is 0 Å². The topological polar surface area (TPSA) is 78.2 Å². The van der Waals surface area contributed by atoms with E-state index in [2.05, 4.69) is 0 Å². The Hall–Kier alpha value is -3.27. The average Bonchev–Trinajstić information content (AvgIpc) is 2.60. The first kappa shape index (κ1) is 14.7.